The molecule has 0 amide bonds. The zero-order chi connectivity index (χ0) is 24.9. The Kier molecular flexibility index (Phi) is 6.50. The minimum atomic E-state index is -1.63. The molecule has 34 heavy (non-hydrogen) atoms. The molecule has 2 aromatic rings. The number of esters is 1. The SMILES string of the molecule is COC1=CC(=O)C[C@@H](C)[C@]12Oc1c(Cl)c(C(=O)Oc3c(Cl)cc(Cl)cc3Cl)cc(OC)c1C2=O. The van der Waals surface area contributed by atoms with Crippen molar-refractivity contribution in [3.63, 3.8) is 0 Å². The molecule has 1 aliphatic heterocycles. The normalized spacial score (nSPS) is 21.1. The van der Waals surface area contributed by atoms with Gasteiger partial charge in [-0.1, -0.05) is 53.3 Å². The minimum Gasteiger partial charge on any atom is -0.496 e. The third kappa shape index (κ3) is 3.71. The summed E-state index contributed by atoms with van der Waals surface area (Å²) in [7, 11) is 2.66. The molecule has 0 fully saturated rings. The van der Waals surface area contributed by atoms with Crippen LogP contribution in [0.2, 0.25) is 20.1 Å². The minimum absolute atomic E-state index is 0.0102. The molecule has 0 aromatic heterocycles. The van der Waals surface area contributed by atoms with E-state index in [1.165, 1.54) is 38.5 Å². The van der Waals surface area contributed by atoms with E-state index in [0.29, 0.717) is 0 Å². The summed E-state index contributed by atoms with van der Waals surface area (Å²) in [6.45, 7) is 1.69. The molecule has 0 N–H and O–H groups in total. The molecule has 1 spiro atoms. The summed E-state index contributed by atoms with van der Waals surface area (Å²) in [6.07, 6.45) is 1.28. The zero-order valence-corrected chi connectivity index (χ0v) is 21.0. The second-order valence-electron chi connectivity index (χ2n) is 7.68. The molecule has 0 unspecified atom stereocenters. The van der Waals surface area contributed by atoms with Gasteiger partial charge in [0.15, 0.2) is 23.0 Å². The molecular formula is C23H16Cl4O7. The lowest BCUT2D eigenvalue weighted by atomic mass is 9.75. The number of Topliss-reactive ketones (excluding diaryl/α,β-unsaturated/α-hetero) is 1. The van der Waals surface area contributed by atoms with E-state index in [2.05, 4.69) is 0 Å². The van der Waals surface area contributed by atoms with Crippen molar-refractivity contribution in [2.75, 3.05) is 14.2 Å². The van der Waals surface area contributed by atoms with Crippen molar-refractivity contribution in [2.24, 2.45) is 5.92 Å². The third-order valence-electron chi connectivity index (χ3n) is 5.69. The fourth-order valence-corrected chi connectivity index (χ4v) is 5.25. The molecular weight excluding hydrogens is 530 g/mol. The van der Waals surface area contributed by atoms with E-state index in [1.807, 2.05) is 0 Å². The molecule has 11 heteroatoms. The Labute approximate surface area is 214 Å². The summed E-state index contributed by atoms with van der Waals surface area (Å²) < 4.78 is 22.2. The van der Waals surface area contributed by atoms with E-state index in [9.17, 15) is 14.4 Å². The van der Waals surface area contributed by atoms with Gasteiger partial charge in [0.2, 0.25) is 11.4 Å². The number of methoxy groups -OCH3 is 2. The molecule has 7 nitrogen and oxygen atoms in total. The number of allylic oxidation sites excluding steroid dienone is 1. The Balaban J connectivity index is 1.82. The second-order valence-corrected chi connectivity index (χ2v) is 9.31. The number of hydrogen-bond donors (Lipinski definition) is 0. The predicted octanol–water partition coefficient (Wildman–Crippen LogP) is 5.98. The number of hydrogen-bond acceptors (Lipinski definition) is 7. The lowest BCUT2D eigenvalue weighted by molar-refractivity contribution is -0.118. The van der Waals surface area contributed by atoms with Crippen molar-refractivity contribution in [1.82, 2.24) is 0 Å². The highest BCUT2D eigenvalue weighted by Crippen LogP contribution is 2.53. The van der Waals surface area contributed by atoms with Gasteiger partial charge in [0.05, 0.1) is 34.9 Å². The molecule has 0 saturated heterocycles. The fraction of sp³-hybridized carbons (Fsp3) is 0.261. The van der Waals surface area contributed by atoms with E-state index in [0.717, 1.165) is 0 Å². The summed E-state index contributed by atoms with van der Waals surface area (Å²) in [5.41, 5.74) is -1.77. The highest BCUT2D eigenvalue weighted by molar-refractivity contribution is 6.40. The van der Waals surface area contributed by atoms with Crippen LogP contribution in [0, 0.1) is 5.92 Å². The van der Waals surface area contributed by atoms with Crippen LogP contribution >= 0.6 is 46.4 Å². The van der Waals surface area contributed by atoms with Gasteiger partial charge in [0.25, 0.3) is 0 Å². The van der Waals surface area contributed by atoms with Crippen LogP contribution in [0.1, 0.15) is 34.1 Å². The first-order valence-corrected chi connectivity index (χ1v) is 11.4. The van der Waals surface area contributed by atoms with E-state index in [-0.39, 0.29) is 66.4 Å². The van der Waals surface area contributed by atoms with Gasteiger partial charge < -0.3 is 18.9 Å². The van der Waals surface area contributed by atoms with Gasteiger partial charge in [0, 0.05) is 23.4 Å². The maximum Gasteiger partial charge on any atom is 0.345 e. The number of carbonyl (C=O) groups is 3. The standard InChI is InChI=1S/C23H16Cl4O7/c1-9-4-11(28)7-16(32-3)23(9)21(29)17-15(31-2)8-12(18(27)20(17)34-23)22(30)33-19-13(25)5-10(24)6-14(19)26/h5-9H,4H2,1-3H3/t9-,23+/m1/s1. The quantitative estimate of drug-likeness (QED) is 0.345. The molecule has 0 bridgehead atoms. The van der Waals surface area contributed by atoms with Gasteiger partial charge in [-0.25, -0.2) is 4.79 Å². The van der Waals surface area contributed by atoms with Gasteiger partial charge in [-0.3, -0.25) is 9.59 Å². The smallest absolute Gasteiger partial charge is 0.345 e. The third-order valence-corrected chi connectivity index (χ3v) is 6.84. The van der Waals surface area contributed by atoms with Crippen molar-refractivity contribution in [1.29, 1.82) is 0 Å². The summed E-state index contributed by atoms with van der Waals surface area (Å²) in [5.74, 6) is -2.35. The maximum atomic E-state index is 13.6. The molecule has 0 radical (unpaired) electrons. The molecule has 0 saturated carbocycles. The lowest BCUT2D eigenvalue weighted by Crippen LogP contribution is -2.51. The van der Waals surface area contributed by atoms with Gasteiger partial charge in [0.1, 0.15) is 11.3 Å². The van der Waals surface area contributed by atoms with Crippen LogP contribution in [-0.4, -0.2) is 37.4 Å². The molecule has 1 heterocycles. The van der Waals surface area contributed by atoms with Crippen LogP contribution < -0.4 is 14.2 Å². The summed E-state index contributed by atoms with van der Waals surface area (Å²) in [6, 6.07) is 3.98. The van der Waals surface area contributed by atoms with Gasteiger partial charge in [-0.15, -0.1) is 0 Å². The number of fused-ring (bicyclic) bond motifs is 1. The number of carbonyl (C=O) groups excluding carboxylic acids is 3. The first-order valence-electron chi connectivity index (χ1n) is 9.85. The van der Waals surface area contributed by atoms with Gasteiger partial charge >= 0.3 is 5.97 Å². The van der Waals surface area contributed by atoms with E-state index < -0.39 is 23.3 Å². The van der Waals surface area contributed by atoms with E-state index in [4.69, 9.17) is 65.4 Å². The average Bonchev–Trinajstić information content (AvgIpc) is 3.08. The predicted molar refractivity (Wildman–Crippen MR) is 126 cm³/mol. The Morgan fingerprint density at radius 3 is 2.29 bits per heavy atom. The van der Waals surface area contributed by atoms with Gasteiger partial charge in [-0.05, 0) is 18.2 Å². The number of ether oxygens (including phenoxy) is 4. The molecule has 2 aliphatic rings. The Bertz CT molecular complexity index is 1260. The van der Waals surface area contributed by atoms with Crippen LogP contribution in [0.3, 0.4) is 0 Å². The van der Waals surface area contributed by atoms with E-state index in [1.54, 1.807) is 6.92 Å². The molecule has 178 valence electrons. The first-order chi connectivity index (χ1) is 16.0. The number of benzene rings is 2. The zero-order valence-electron chi connectivity index (χ0n) is 18.0. The summed E-state index contributed by atoms with van der Waals surface area (Å²) in [4.78, 5) is 38.7. The van der Waals surface area contributed by atoms with Crippen molar-refractivity contribution >= 4 is 63.9 Å². The monoisotopic (exact) mass is 544 g/mol. The maximum absolute atomic E-state index is 13.6. The topological polar surface area (TPSA) is 88.1 Å². The summed E-state index contributed by atoms with van der Waals surface area (Å²) >= 11 is 24.7. The van der Waals surface area contributed by atoms with Crippen LogP contribution in [0.15, 0.2) is 30.0 Å². The highest BCUT2D eigenvalue weighted by Gasteiger charge is 2.60. The Morgan fingerprint density at radius 2 is 1.71 bits per heavy atom. The van der Waals surface area contributed by atoms with Gasteiger partial charge in [-0.2, -0.15) is 0 Å². The van der Waals surface area contributed by atoms with Crippen molar-refractivity contribution < 1.29 is 33.3 Å². The largest absolute Gasteiger partial charge is 0.496 e. The summed E-state index contributed by atoms with van der Waals surface area (Å²) in [5, 5.41) is 0.0882. The van der Waals surface area contributed by atoms with E-state index >= 15 is 0 Å². The average molecular weight is 546 g/mol. The van der Waals surface area contributed by atoms with Crippen LogP contribution in [0.25, 0.3) is 0 Å². The lowest BCUT2D eigenvalue weighted by Gasteiger charge is -2.36. The number of ketones is 2. The number of halogens is 4. The van der Waals surface area contributed by atoms with Crippen LogP contribution in [0.4, 0.5) is 0 Å². The Hall–Kier alpha value is -2.45. The highest BCUT2D eigenvalue weighted by atomic mass is 35.5. The van der Waals surface area contributed by atoms with Crippen molar-refractivity contribution in [2.45, 2.75) is 18.9 Å². The number of rotatable bonds is 4. The molecule has 4 rings (SSSR count). The van der Waals surface area contributed by atoms with Crippen LogP contribution in [-0.2, 0) is 9.53 Å². The van der Waals surface area contributed by atoms with Crippen LogP contribution in [0.5, 0.6) is 17.2 Å². The fourth-order valence-electron chi connectivity index (χ4n) is 4.10. The molecule has 1 aliphatic carbocycles. The molecule has 2 atom stereocenters. The Morgan fingerprint density at radius 1 is 1.06 bits per heavy atom. The van der Waals surface area contributed by atoms with Crippen molar-refractivity contribution in [3.05, 3.63) is 61.3 Å². The first kappa shape index (κ1) is 24.7. The van der Waals surface area contributed by atoms with Crippen molar-refractivity contribution in [3.8, 4) is 17.2 Å². The molecule has 2 aromatic carbocycles. The second kappa shape index (κ2) is 8.96.